The number of fused-ring (bicyclic) bond motifs is 1. The summed E-state index contributed by atoms with van der Waals surface area (Å²) in [5.74, 6) is 0.527. The summed E-state index contributed by atoms with van der Waals surface area (Å²) < 4.78 is 11.5. The van der Waals surface area contributed by atoms with Gasteiger partial charge in [0.25, 0.3) is 0 Å². The maximum Gasteiger partial charge on any atom is 0.343 e. The molecule has 0 saturated heterocycles. The number of hydrogen-bond donors (Lipinski definition) is 2. The molecule has 3 aromatic rings. The van der Waals surface area contributed by atoms with Crippen molar-refractivity contribution in [3.8, 4) is 5.75 Å². The lowest BCUT2D eigenvalue weighted by Gasteiger charge is -2.08. The summed E-state index contributed by atoms with van der Waals surface area (Å²) in [6, 6.07) is 14.2. The van der Waals surface area contributed by atoms with E-state index in [1.165, 1.54) is 7.11 Å². The molecule has 3 rings (SSSR count). The summed E-state index contributed by atoms with van der Waals surface area (Å²) in [5, 5.41) is 9.69. The van der Waals surface area contributed by atoms with Crippen molar-refractivity contribution in [3.05, 3.63) is 60.3 Å². The first-order valence-electron chi connectivity index (χ1n) is 7.92. The molecule has 0 unspecified atom stereocenters. The fraction of sp³-hybridized carbons (Fsp3) is 0.167. The molecule has 2 amide bonds. The summed E-state index contributed by atoms with van der Waals surface area (Å²) in [6.07, 6.45) is 1.80. The van der Waals surface area contributed by atoms with Crippen molar-refractivity contribution in [2.24, 2.45) is 0 Å². The molecule has 0 spiro atoms. The van der Waals surface area contributed by atoms with E-state index >= 15 is 0 Å². The Morgan fingerprint density at radius 1 is 1.15 bits per heavy atom. The maximum atomic E-state index is 12.0. The zero-order chi connectivity index (χ0) is 18.4. The van der Waals surface area contributed by atoms with E-state index in [2.05, 4.69) is 20.5 Å². The Morgan fingerprint density at radius 2 is 2.04 bits per heavy atom. The molecule has 0 aliphatic heterocycles. The van der Waals surface area contributed by atoms with E-state index in [1.54, 1.807) is 35.0 Å². The van der Waals surface area contributed by atoms with Gasteiger partial charge in [-0.2, -0.15) is 0 Å². The van der Waals surface area contributed by atoms with Gasteiger partial charge in [-0.05, 0) is 29.8 Å². The second kappa shape index (κ2) is 8.02. The predicted octanol–water partition coefficient (Wildman–Crippen LogP) is 2.21. The van der Waals surface area contributed by atoms with Crippen LogP contribution >= 0.6 is 0 Å². The van der Waals surface area contributed by atoms with E-state index in [0.29, 0.717) is 18.1 Å². The number of rotatable bonds is 6. The van der Waals surface area contributed by atoms with Crippen LogP contribution in [0.5, 0.6) is 5.75 Å². The molecular weight excluding hydrogens is 336 g/mol. The van der Waals surface area contributed by atoms with Gasteiger partial charge >= 0.3 is 12.0 Å². The standard InChI is InChI=1S/C18H18N4O4/c1-25-17(23)12-26-15-7-4-5-13(9-15)11-19-18(24)20-16-10-14-6-2-3-8-22(14)21-16/h2-10H,11-12H2,1H3,(H2,19,20,21,24). The number of hydrogen-bond acceptors (Lipinski definition) is 5. The van der Waals surface area contributed by atoms with Gasteiger partial charge in [-0.15, -0.1) is 5.10 Å². The van der Waals surface area contributed by atoms with Crippen LogP contribution in [0.2, 0.25) is 0 Å². The SMILES string of the molecule is COC(=O)COc1cccc(CNC(=O)Nc2cc3ccccn3n2)c1. The molecule has 0 aliphatic rings. The number of carbonyl (C=O) groups excluding carboxylic acids is 2. The molecule has 8 nitrogen and oxygen atoms in total. The minimum atomic E-state index is -0.458. The lowest BCUT2D eigenvalue weighted by molar-refractivity contribution is -0.142. The first-order chi connectivity index (χ1) is 12.6. The van der Waals surface area contributed by atoms with Crippen LogP contribution in [0.1, 0.15) is 5.56 Å². The number of carbonyl (C=O) groups is 2. The number of benzene rings is 1. The fourth-order valence-corrected chi connectivity index (χ4v) is 2.29. The molecule has 134 valence electrons. The summed E-state index contributed by atoms with van der Waals surface area (Å²) in [4.78, 5) is 23.1. The van der Waals surface area contributed by atoms with E-state index < -0.39 is 5.97 Å². The highest BCUT2D eigenvalue weighted by Gasteiger charge is 2.07. The van der Waals surface area contributed by atoms with Crippen LogP contribution in [0.25, 0.3) is 5.52 Å². The molecule has 1 aromatic carbocycles. The average molecular weight is 354 g/mol. The molecule has 0 aliphatic carbocycles. The zero-order valence-corrected chi connectivity index (χ0v) is 14.1. The van der Waals surface area contributed by atoms with E-state index in [4.69, 9.17) is 4.74 Å². The molecule has 0 bridgehead atoms. The Hall–Kier alpha value is -3.55. The first kappa shape index (κ1) is 17.3. The van der Waals surface area contributed by atoms with E-state index in [9.17, 15) is 9.59 Å². The minimum Gasteiger partial charge on any atom is -0.482 e. The highest BCUT2D eigenvalue weighted by Crippen LogP contribution is 2.14. The Morgan fingerprint density at radius 3 is 2.85 bits per heavy atom. The van der Waals surface area contributed by atoms with Crippen molar-refractivity contribution >= 4 is 23.3 Å². The number of anilines is 1. The van der Waals surface area contributed by atoms with Crippen LogP contribution in [0.3, 0.4) is 0 Å². The molecule has 2 heterocycles. The normalized spacial score (nSPS) is 10.3. The number of pyridine rings is 1. The molecule has 2 N–H and O–H groups in total. The van der Waals surface area contributed by atoms with Crippen molar-refractivity contribution in [2.75, 3.05) is 19.0 Å². The third-order valence-electron chi connectivity index (χ3n) is 3.55. The minimum absolute atomic E-state index is 0.165. The van der Waals surface area contributed by atoms with Gasteiger partial charge in [0.15, 0.2) is 12.4 Å². The van der Waals surface area contributed by atoms with Crippen LogP contribution in [0, 0.1) is 0 Å². The lowest BCUT2D eigenvalue weighted by Crippen LogP contribution is -2.28. The van der Waals surface area contributed by atoms with Crippen molar-refractivity contribution in [2.45, 2.75) is 6.54 Å². The summed E-state index contributed by atoms with van der Waals surface area (Å²) >= 11 is 0. The third-order valence-corrected chi connectivity index (χ3v) is 3.55. The highest BCUT2D eigenvalue weighted by atomic mass is 16.6. The van der Waals surface area contributed by atoms with Crippen molar-refractivity contribution in [3.63, 3.8) is 0 Å². The fourth-order valence-electron chi connectivity index (χ4n) is 2.29. The summed E-state index contributed by atoms with van der Waals surface area (Å²) in [7, 11) is 1.30. The number of nitrogens with zero attached hydrogens (tertiary/aromatic N) is 2. The first-order valence-corrected chi connectivity index (χ1v) is 7.92. The molecule has 0 saturated carbocycles. The molecule has 8 heteroatoms. The van der Waals surface area contributed by atoms with Crippen LogP contribution in [0.4, 0.5) is 10.6 Å². The van der Waals surface area contributed by atoms with Crippen molar-refractivity contribution in [1.29, 1.82) is 0 Å². The van der Waals surface area contributed by atoms with Crippen LogP contribution in [-0.2, 0) is 16.1 Å². The monoisotopic (exact) mass is 354 g/mol. The van der Waals surface area contributed by atoms with Gasteiger partial charge in [-0.1, -0.05) is 18.2 Å². The molecule has 2 aromatic heterocycles. The number of aromatic nitrogens is 2. The lowest BCUT2D eigenvalue weighted by atomic mass is 10.2. The number of amides is 2. The average Bonchev–Trinajstić information content (AvgIpc) is 3.07. The zero-order valence-electron chi connectivity index (χ0n) is 14.1. The van der Waals surface area contributed by atoms with Gasteiger partial charge in [-0.25, -0.2) is 14.1 Å². The second-order valence-electron chi connectivity index (χ2n) is 5.42. The third kappa shape index (κ3) is 4.50. The largest absolute Gasteiger partial charge is 0.482 e. The summed E-state index contributed by atoms with van der Waals surface area (Å²) in [6.45, 7) is 0.135. The summed E-state index contributed by atoms with van der Waals surface area (Å²) in [5.41, 5.74) is 1.72. The van der Waals surface area contributed by atoms with Crippen LogP contribution < -0.4 is 15.4 Å². The van der Waals surface area contributed by atoms with Crippen LogP contribution in [-0.4, -0.2) is 35.3 Å². The second-order valence-corrected chi connectivity index (χ2v) is 5.42. The van der Waals surface area contributed by atoms with Gasteiger partial charge in [-0.3, -0.25) is 5.32 Å². The van der Waals surface area contributed by atoms with E-state index in [0.717, 1.165) is 11.1 Å². The topological polar surface area (TPSA) is 94.0 Å². The van der Waals surface area contributed by atoms with Gasteiger partial charge in [0, 0.05) is 18.8 Å². The molecule has 26 heavy (non-hydrogen) atoms. The number of ether oxygens (including phenoxy) is 2. The predicted molar refractivity (Wildman–Crippen MR) is 95.0 cm³/mol. The quantitative estimate of drug-likeness (QED) is 0.662. The highest BCUT2D eigenvalue weighted by molar-refractivity contribution is 5.88. The van der Waals surface area contributed by atoms with Crippen molar-refractivity contribution in [1.82, 2.24) is 14.9 Å². The Bertz CT molecular complexity index is 889. The number of esters is 1. The molecule has 0 atom stereocenters. The maximum absolute atomic E-state index is 12.0. The number of methoxy groups -OCH3 is 1. The van der Waals surface area contributed by atoms with Gasteiger partial charge in [0.05, 0.1) is 12.6 Å². The number of urea groups is 1. The molecule has 0 radical (unpaired) electrons. The Balaban J connectivity index is 1.53. The Kier molecular flexibility index (Phi) is 5.33. The van der Waals surface area contributed by atoms with Gasteiger partial charge in [0.2, 0.25) is 0 Å². The van der Waals surface area contributed by atoms with Crippen LogP contribution in [0.15, 0.2) is 54.7 Å². The molecular formula is C18H18N4O4. The van der Waals surface area contributed by atoms with Crippen molar-refractivity contribution < 1.29 is 19.1 Å². The van der Waals surface area contributed by atoms with Gasteiger partial charge in [0.1, 0.15) is 5.75 Å². The number of nitrogens with one attached hydrogen (secondary N) is 2. The smallest absolute Gasteiger partial charge is 0.343 e. The Labute approximate surface area is 149 Å². The van der Waals surface area contributed by atoms with Gasteiger partial charge < -0.3 is 14.8 Å². The van der Waals surface area contributed by atoms with E-state index in [1.807, 2.05) is 24.3 Å². The molecule has 0 fully saturated rings. The van der Waals surface area contributed by atoms with E-state index in [-0.39, 0.29) is 12.6 Å².